The van der Waals surface area contributed by atoms with Crippen molar-refractivity contribution in [3.63, 3.8) is 0 Å². The quantitative estimate of drug-likeness (QED) is 0.557. The van der Waals surface area contributed by atoms with Crippen LogP contribution in [0, 0.1) is 5.82 Å². The predicted molar refractivity (Wildman–Crippen MR) is 103 cm³/mol. The van der Waals surface area contributed by atoms with Gasteiger partial charge in [0.1, 0.15) is 17.2 Å². The molecule has 2 heterocycles. The van der Waals surface area contributed by atoms with Gasteiger partial charge >= 0.3 is 0 Å². The number of carbonyl (C=O) groups is 1. The van der Waals surface area contributed by atoms with Crippen molar-refractivity contribution in [2.24, 2.45) is 0 Å². The van der Waals surface area contributed by atoms with Crippen LogP contribution < -0.4 is 5.32 Å². The number of rotatable bonds is 4. The summed E-state index contributed by atoms with van der Waals surface area (Å²) in [5.74, 6) is -0.595. The lowest BCUT2D eigenvalue weighted by Crippen LogP contribution is -2.23. The van der Waals surface area contributed by atoms with Gasteiger partial charge in [0.25, 0.3) is 5.91 Å². The molecule has 0 aliphatic heterocycles. The number of aromatic nitrogens is 2. The Morgan fingerprint density at radius 1 is 1.04 bits per heavy atom. The minimum atomic E-state index is -0.306. The molecular formula is C21H15ClFN3O. The second kappa shape index (κ2) is 7.21. The highest BCUT2D eigenvalue weighted by Crippen LogP contribution is 2.27. The maximum atomic E-state index is 12.9. The number of pyridine rings is 1. The van der Waals surface area contributed by atoms with Crippen LogP contribution in [0.25, 0.3) is 16.8 Å². The zero-order valence-corrected chi connectivity index (χ0v) is 14.9. The van der Waals surface area contributed by atoms with Gasteiger partial charge in [-0.15, -0.1) is 0 Å². The number of benzene rings is 2. The second-order valence-corrected chi connectivity index (χ2v) is 6.51. The molecule has 1 amide bonds. The van der Waals surface area contributed by atoms with Crippen molar-refractivity contribution >= 4 is 23.2 Å². The van der Waals surface area contributed by atoms with Gasteiger partial charge in [0, 0.05) is 29.5 Å². The highest BCUT2D eigenvalue weighted by atomic mass is 35.5. The van der Waals surface area contributed by atoms with Crippen LogP contribution in [0.5, 0.6) is 0 Å². The summed E-state index contributed by atoms with van der Waals surface area (Å²) in [6, 6.07) is 17.3. The first-order valence-corrected chi connectivity index (χ1v) is 8.74. The lowest BCUT2D eigenvalue weighted by Gasteiger charge is -2.04. The first kappa shape index (κ1) is 17.2. The Labute approximate surface area is 160 Å². The van der Waals surface area contributed by atoms with Crippen LogP contribution in [0.3, 0.4) is 0 Å². The standard InChI is InChI=1S/C21H15ClFN3O/c22-18-4-2-1-3-17(18)15-7-10-20-25-19(13-26(20)12-15)21(27)24-11-14-5-8-16(23)9-6-14/h1-10,12-13H,11H2,(H,24,27). The Hall–Kier alpha value is -3.18. The summed E-state index contributed by atoms with van der Waals surface area (Å²) >= 11 is 6.26. The first-order chi connectivity index (χ1) is 13.1. The van der Waals surface area contributed by atoms with Gasteiger partial charge in [-0.05, 0) is 41.5 Å². The lowest BCUT2D eigenvalue weighted by atomic mass is 10.1. The van der Waals surface area contributed by atoms with E-state index >= 15 is 0 Å². The van der Waals surface area contributed by atoms with Gasteiger partial charge in [-0.1, -0.05) is 41.9 Å². The van der Waals surface area contributed by atoms with Gasteiger partial charge in [-0.2, -0.15) is 0 Å². The largest absolute Gasteiger partial charge is 0.347 e. The lowest BCUT2D eigenvalue weighted by molar-refractivity contribution is 0.0946. The number of nitrogens with zero attached hydrogens (tertiary/aromatic N) is 2. The summed E-state index contributed by atoms with van der Waals surface area (Å²) < 4.78 is 14.7. The predicted octanol–water partition coefficient (Wildman–Crippen LogP) is 4.72. The minimum Gasteiger partial charge on any atom is -0.347 e. The molecule has 0 aliphatic rings. The molecule has 4 rings (SSSR count). The van der Waals surface area contributed by atoms with E-state index in [-0.39, 0.29) is 11.7 Å². The van der Waals surface area contributed by atoms with E-state index in [0.717, 1.165) is 16.7 Å². The smallest absolute Gasteiger partial charge is 0.271 e. The Bertz CT molecular complexity index is 1120. The number of nitrogens with one attached hydrogen (secondary N) is 1. The van der Waals surface area contributed by atoms with Crippen molar-refractivity contribution in [2.75, 3.05) is 0 Å². The number of halogens is 2. The SMILES string of the molecule is O=C(NCc1ccc(F)cc1)c1cn2cc(-c3ccccc3Cl)ccc2n1. The van der Waals surface area contributed by atoms with E-state index in [0.29, 0.717) is 22.9 Å². The van der Waals surface area contributed by atoms with Crippen molar-refractivity contribution in [1.82, 2.24) is 14.7 Å². The van der Waals surface area contributed by atoms with E-state index in [2.05, 4.69) is 10.3 Å². The highest BCUT2D eigenvalue weighted by molar-refractivity contribution is 6.33. The molecule has 2 aromatic carbocycles. The third-order valence-corrected chi connectivity index (χ3v) is 4.56. The maximum absolute atomic E-state index is 12.9. The average Bonchev–Trinajstić information content (AvgIpc) is 3.11. The molecule has 0 atom stereocenters. The monoisotopic (exact) mass is 379 g/mol. The molecule has 0 unspecified atom stereocenters. The molecule has 0 saturated carbocycles. The van der Waals surface area contributed by atoms with Crippen molar-refractivity contribution in [2.45, 2.75) is 6.54 Å². The highest BCUT2D eigenvalue weighted by Gasteiger charge is 2.12. The summed E-state index contributed by atoms with van der Waals surface area (Å²) in [5.41, 5.74) is 3.64. The molecule has 0 aliphatic carbocycles. The number of amides is 1. The fourth-order valence-corrected chi connectivity index (χ4v) is 3.08. The van der Waals surface area contributed by atoms with Gasteiger partial charge < -0.3 is 9.72 Å². The van der Waals surface area contributed by atoms with Crippen LogP contribution >= 0.6 is 11.6 Å². The van der Waals surface area contributed by atoms with E-state index in [4.69, 9.17) is 11.6 Å². The van der Waals surface area contributed by atoms with Gasteiger partial charge in [0.15, 0.2) is 0 Å². The van der Waals surface area contributed by atoms with Crippen LogP contribution in [0.15, 0.2) is 73.1 Å². The molecule has 0 fully saturated rings. The van der Waals surface area contributed by atoms with Crippen LogP contribution in [0.2, 0.25) is 5.02 Å². The Morgan fingerprint density at radius 3 is 2.59 bits per heavy atom. The summed E-state index contributed by atoms with van der Waals surface area (Å²) in [5, 5.41) is 3.45. The van der Waals surface area contributed by atoms with Gasteiger partial charge in [-0.25, -0.2) is 9.37 Å². The molecule has 0 saturated heterocycles. The normalized spacial score (nSPS) is 10.9. The van der Waals surface area contributed by atoms with Crippen LogP contribution in [0.1, 0.15) is 16.1 Å². The summed E-state index contributed by atoms with van der Waals surface area (Å²) in [7, 11) is 0. The molecule has 2 aromatic heterocycles. The molecule has 6 heteroatoms. The van der Waals surface area contributed by atoms with Crippen molar-refractivity contribution in [3.8, 4) is 11.1 Å². The van der Waals surface area contributed by atoms with Gasteiger partial charge in [0.05, 0.1) is 0 Å². The fraction of sp³-hybridized carbons (Fsp3) is 0.0476. The molecule has 0 bridgehead atoms. The summed E-state index contributed by atoms with van der Waals surface area (Å²) in [6.07, 6.45) is 3.57. The van der Waals surface area contributed by atoms with E-state index in [1.54, 1.807) is 22.7 Å². The number of hydrogen-bond acceptors (Lipinski definition) is 2. The van der Waals surface area contributed by atoms with Gasteiger partial charge in [-0.3, -0.25) is 4.79 Å². The van der Waals surface area contributed by atoms with Crippen LogP contribution in [0.4, 0.5) is 4.39 Å². The molecule has 4 nitrogen and oxygen atoms in total. The number of carbonyl (C=O) groups excluding carboxylic acids is 1. The van der Waals surface area contributed by atoms with E-state index in [1.165, 1.54) is 12.1 Å². The zero-order valence-electron chi connectivity index (χ0n) is 14.2. The molecule has 134 valence electrons. The topological polar surface area (TPSA) is 46.4 Å². The zero-order chi connectivity index (χ0) is 18.8. The molecule has 0 radical (unpaired) electrons. The molecule has 1 N–H and O–H groups in total. The summed E-state index contributed by atoms with van der Waals surface area (Å²) in [4.78, 5) is 16.7. The van der Waals surface area contributed by atoms with Crippen molar-refractivity contribution < 1.29 is 9.18 Å². The minimum absolute atomic E-state index is 0.290. The first-order valence-electron chi connectivity index (χ1n) is 8.36. The summed E-state index contributed by atoms with van der Waals surface area (Å²) in [6.45, 7) is 0.303. The Balaban J connectivity index is 1.55. The van der Waals surface area contributed by atoms with E-state index in [1.807, 2.05) is 42.6 Å². The van der Waals surface area contributed by atoms with Crippen LogP contribution in [-0.2, 0) is 6.54 Å². The average molecular weight is 380 g/mol. The fourth-order valence-electron chi connectivity index (χ4n) is 2.83. The molecule has 0 spiro atoms. The Morgan fingerprint density at radius 2 is 1.81 bits per heavy atom. The number of hydrogen-bond donors (Lipinski definition) is 1. The molecular weight excluding hydrogens is 365 g/mol. The van der Waals surface area contributed by atoms with E-state index in [9.17, 15) is 9.18 Å². The van der Waals surface area contributed by atoms with Crippen LogP contribution in [-0.4, -0.2) is 15.3 Å². The number of imidazole rings is 1. The van der Waals surface area contributed by atoms with Crippen molar-refractivity contribution in [1.29, 1.82) is 0 Å². The number of fused-ring (bicyclic) bond motifs is 1. The third-order valence-electron chi connectivity index (χ3n) is 4.23. The maximum Gasteiger partial charge on any atom is 0.271 e. The van der Waals surface area contributed by atoms with Gasteiger partial charge in [0.2, 0.25) is 0 Å². The van der Waals surface area contributed by atoms with E-state index < -0.39 is 0 Å². The molecule has 27 heavy (non-hydrogen) atoms. The Kier molecular flexibility index (Phi) is 4.60. The third kappa shape index (κ3) is 3.68. The molecule has 4 aromatic rings. The van der Waals surface area contributed by atoms with Crippen molar-refractivity contribution in [3.05, 3.63) is 95.2 Å². The second-order valence-electron chi connectivity index (χ2n) is 6.10.